The van der Waals surface area contributed by atoms with Crippen LogP contribution in [0.4, 0.5) is 0 Å². The maximum absolute atomic E-state index is 5.57. The van der Waals surface area contributed by atoms with Crippen LogP contribution in [0.25, 0.3) is 0 Å². The van der Waals surface area contributed by atoms with E-state index in [1.807, 2.05) is 22.6 Å². The second-order valence-corrected chi connectivity index (χ2v) is 5.00. The van der Waals surface area contributed by atoms with Crippen LogP contribution >= 0.6 is 11.8 Å². The Hall–Kier alpha value is -0.640. The Labute approximate surface area is 96.2 Å². The van der Waals surface area contributed by atoms with Crippen molar-refractivity contribution in [3.05, 3.63) is 12.4 Å². The first-order valence-electron chi connectivity index (χ1n) is 5.45. The Morgan fingerprint density at radius 2 is 2.33 bits per heavy atom. The number of aromatic nitrogens is 2. The zero-order chi connectivity index (χ0) is 11.1. The van der Waals surface area contributed by atoms with Gasteiger partial charge < -0.3 is 4.74 Å². The van der Waals surface area contributed by atoms with Gasteiger partial charge in [0, 0.05) is 12.3 Å². The van der Waals surface area contributed by atoms with Crippen LogP contribution in [-0.2, 0) is 6.54 Å². The summed E-state index contributed by atoms with van der Waals surface area (Å²) in [6.07, 6.45) is 3.71. The van der Waals surface area contributed by atoms with Gasteiger partial charge in [0.2, 0.25) is 0 Å². The zero-order valence-electron chi connectivity index (χ0n) is 9.77. The Kier molecular flexibility index (Phi) is 5.61. The van der Waals surface area contributed by atoms with Gasteiger partial charge in [-0.05, 0) is 18.6 Å². The minimum absolute atomic E-state index is 0.762. The molecular weight excluding hydrogens is 208 g/mol. The zero-order valence-corrected chi connectivity index (χ0v) is 10.6. The molecule has 0 saturated carbocycles. The molecule has 1 aromatic rings. The predicted octanol–water partition coefficient (Wildman–Crippen LogP) is 2.67. The lowest BCUT2D eigenvalue weighted by atomic mass is 10.3. The third kappa shape index (κ3) is 5.11. The molecule has 86 valence electrons. The monoisotopic (exact) mass is 228 g/mol. The van der Waals surface area contributed by atoms with Crippen LogP contribution in [0, 0.1) is 5.92 Å². The molecule has 0 spiro atoms. The van der Waals surface area contributed by atoms with Gasteiger partial charge in [0.25, 0.3) is 0 Å². The molecule has 0 saturated heterocycles. The Morgan fingerprint density at radius 1 is 1.53 bits per heavy atom. The first kappa shape index (κ1) is 12.4. The standard InChI is InChI=1S/C11H20N2OS/c1-4-13-8-11(7-12-13)14-5-6-15-9-10(2)3/h7-8,10H,4-6,9H2,1-3H3. The summed E-state index contributed by atoms with van der Waals surface area (Å²) in [5, 5.41) is 4.15. The number of aryl methyl sites for hydroxylation is 1. The number of thioether (sulfide) groups is 1. The second kappa shape index (κ2) is 6.77. The van der Waals surface area contributed by atoms with Crippen molar-refractivity contribution in [2.75, 3.05) is 18.1 Å². The fourth-order valence-corrected chi connectivity index (χ4v) is 1.97. The summed E-state index contributed by atoms with van der Waals surface area (Å²) in [5.41, 5.74) is 0. The molecule has 0 amide bonds. The van der Waals surface area contributed by atoms with E-state index in [9.17, 15) is 0 Å². The molecule has 1 heterocycles. The Morgan fingerprint density at radius 3 is 2.93 bits per heavy atom. The second-order valence-electron chi connectivity index (χ2n) is 3.85. The summed E-state index contributed by atoms with van der Waals surface area (Å²) in [7, 11) is 0. The molecule has 0 aliphatic carbocycles. The van der Waals surface area contributed by atoms with Crippen molar-refractivity contribution in [3.63, 3.8) is 0 Å². The average Bonchev–Trinajstić information content (AvgIpc) is 2.65. The summed E-state index contributed by atoms with van der Waals surface area (Å²) in [6.45, 7) is 8.20. The van der Waals surface area contributed by atoms with Crippen LogP contribution in [0.3, 0.4) is 0 Å². The van der Waals surface area contributed by atoms with Crippen LogP contribution in [0.5, 0.6) is 5.75 Å². The highest BCUT2D eigenvalue weighted by Crippen LogP contribution is 2.10. The predicted molar refractivity (Wildman–Crippen MR) is 65.6 cm³/mol. The van der Waals surface area contributed by atoms with Crippen molar-refractivity contribution in [3.8, 4) is 5.75 Å². The molecule has 15 heavy (non-hydrogen) atoms. The maximum atomic E-state index is 5.57. The molecule has 1 rings (SSSR count). The highest BCUT2D eigenvalue weighted by molar-refractivity contribution is 7.99. The number of hydrogen-bond acceptors (Lipinski definition) is 3. The third-order valence-corrected chi connectivity index (χ3v) is 3.24. The van der Waals surface area contributed by atoms with Gasteiger partial charge in [-0.15, -0.1) is 0 Å². The highest BCUT2D eigenvalue weighted by atomic mass is 32.2. The van der Waals surface area contributed by atoms with Crippen molar-refractivity contribution >= 4 is 11.8 Å². The van der Waals surface area contributed by atoms with E-state index in [2.05, 4.69) is 25.9 Å². The molecule has 0 aliphatic heterocycles. The number of hydrogen-bond donors (Lipinski definition) is 0. The lowest BCUT2D eigenvalue weighted by Crippen LogP contribution is -2.02. The van der Waals surface area contributed by atoms with E-state index in [-0.39, 0.29) is 0 Å². The van der Waals surface area contributed by atoms with Gasteiger partial charge in [-0.3, -0.25) is 4.68 Å². The van der Waals surface area contributed by atoms with Crippen LogP contribution in [0.15, 0.2) is 12.4 Å². The van der Waals surface area contributed by atoms with E-state index >= 15 is 0 Å². The molecule has 0 bridgehead atoms. The number of nitrogens with zero attached hydrogens (tertiary/aromatic N) is 2. The molecule has 0 unspecified atom stereocenters. The van der Waals surface area contributed by atoms with Crippen molar-refractivity contribution in [2.45, 2.75) is 27.3 Å². The fraction of sp³-hybridized carbons (Fsp3) is 0.727. The molecule has 0 fully saturated rings. The molecule has 0 aliphatic rings. The number of rotatable bonds is 7. The van der Waals surface area contributed by atoms with E-state index in [0.29, 0.717) is 0 Å². The molecule has 0 atom stereocenters. The molecule has 1 aromatic heterocycles. The minimum Gasteiger partial charge on any atom is -0.489 e. The Bertz CT molecular complexity index is 273. The molecule has 0 radical (unpaired) electrons. The molecule has 0 N–H and O–H groups in total. The lowest BCUT2D eigenvalue weighted by Gasteiger charge is -2.05. The summed E-state index contributed by atoms with van der Waals surface area (Å²) in [6, 6.07) is 0. The van der Waals surface area contributed by atoms with Gasteiger partial charge in [0.15, 0.2) is 5.75 Å². The molecule has 3 nitrogen and oxygen atoms in total. The lowest BCUT2D eigenvalue weighted by molar-refractivity contribution is 0.343. The van der Waals surface area contributed by atoms with E-state index < -0.39 is 0 Å². The topological polar surface area (TPSA) is 27.1 Å². The summed E-state index contributed by atoms with van der Waals surface area (Å²) >= 11 is 1.94. The van der Waals surface area contributed by atoms with Gasteiger partial charge in [0.1, 0.15) is 0 Å². The third-order valence-electron chi connectivity index (χ3n) is 1.88. The normalized spacial score (nSPS) is 10.9. The first-order valence-corrected chi connectivity index (χ1v) is 6.60. The van der Waals surface area contributed by atoms with E-state index in [0.717, 1.165) is 30.6 Å². The van der Waals surface area contributed by atoms with Crippen molar-refractivity contribution < 1.29 is 4.74 Å². The van der Waals surface area contributed by atoms with Crippen molar-refractivity contribution in [2.24, 2.45) is 5.92 Å². The quantitative estimate of drug-likeness (QED) is 0.671. The Balaban J connectivity index is 2.09. The van der Waals surface area contributed by atoms with Crippen LogP contribution in [0.2, 0.25) is 0 Å². The van der Waals surface area contributed by atoms with Gasteiger partial charge in [-0.2, -0.15) is 16.9 Å². The van der Waals surface area contributed by atoms with Crippen molar-refractivity contribution in [1.82, 2.24) is 9.78 Å². The van der Waals surface area contributed by atoms with Crippen LogP contribution in [0.1, 0.15) is 20.8 Å². The highest BCUT2D eigenvalue weighted by Gasteiger charge is 1.98. The van der Waals surface area contributed by atoms with Crippen molar-refractivity contribution in [1.29, 1.82) is 0 Å². The fourth-order valence-electron chi connectivity index (χ4n) is 1.13. The molecule has 4 heteroatoms. The summed E-state index contributed by atoms with van der Waals surface area (Å²) in [5.74, 6) is 3.90. The SMILES string of the molecule is CCn1cc(OCCSCC(C)C)cn1. The van der Waals surface area contributed by atoms with Gasteiger partial charge in [0.05, 0.1) is 19.0 Å². The minimum atomic E-state index is 0.762. The molecular formula is C11H20N2OS. The van der Waals surface area contributed by atoms with E-state index in [4.69, 9.17) is 4.74 Å². The first-order chi connectivity index (χ1) is 7.22. The van der Waals surface area contributed by atoms with Gasteiger partial charge >= 0.3 is 0 Å². The van der Waals surface area contributed by atoms with Crippen LogP contribution in [-0.4, -0.2) is 27.9 Å². The van der Waals surface area contributed by atoms with Crippen LogP contribution < -0.4 is 4.74 Å². The van der Waals surface area contributed by atoms with E-state index in [1.165, 1.54) is 5.75 Å². The largest absolute Gasteiger partial charge is 0.489 e. The average molecular weight is 228 g/mol. The molecule has 0 aromatic carbocycles. The maximum Gasteiger partial charge on any atom is 0.157 e. The van der Waals surface area contributed by atoms with E-state index in [1.54, 1.807) is 6.20 Å². The van der Waals surface area contributed by atoms with Gasteiger partial charge in [-0.1, -0.05) is 13.8 Å². The van der Waals surface area contributed by atoms with Gasteiger partial charge in [-0.25, -0.2) is 0 Å². The smallest absolute Gasteiger partial charge is 0.157 e. The number of ether oxygens (including phenoxy) is 1. The summed E-state index contributed by atoms with van der Waals surface area (Å²) < 4.78 is 7.44. The summed E-state index contributed by atoms with van der Waals surface area (Å²) in [4.78, 5) is 0.